The van der Waals surface area contributed by atoms with Gasteiger partial charge < -0.3 is 99.2 Å². The molecule has 438 valence electrons. The van der Waals surface area contributed by atoms with E-state index in [0.717, 1.165) is 5.57 Å². The minimum Gasteiger partial charge on any atom is -0.479 e. The van der Waals surface area contributed by atoms with Crippen molar-refractivity contribution in [2.24, 2.45) is 50.2 Å². The number of hydrogen-bond donors (Lipinski definition) is 12. The SMILES string of the molecule is C/C=C(\C)C(=O)O[C@H]1[C@H](O)[C@]2(COC(C)=O)[C@H](O)[C@H](O)[C@]3(C)C(=CC[C@@H]4[C@@]5(C)CC[C@H](O[C@@H]6O[C@H](C(=O)O)[C@@H](O)[C@H](O[C@@H]7O[C@@H](CO)[C@H](O)[C@H]7O)[C@H]6O[C@@H]6O[C@H](CO)[C@H](O)[C@H](O)[C@H]6O)C(C)(C)[C@@H]5CC[C@]43C)[C@@H]2CC1(C)C. The number of carboxylic acid groups (broad SMARTS) is 1. The van der Waals surface area contributed by atoms with Gasteiger partial charge in [-0.25, -0.2) is 9.59 Å². The first-order chi connectivity index (χ1) is 35.8. The average Bonchev–Trinajstić information content (AvgIpc) is 3.77. The Morgan fingerprint density at radius 3 is 1.84 bits per heavy atom. The van der Waals surface area contributed by atoms with Gasteiger partial charge in [0.25, 0.3) is 0 Å². The Labute approximate surface area is 448 Å². The topological polar surface area (TPSA) is 368 Å². The van der Waals surface area contributed by atoms with Gasteiger partial charge in [0.2, 0.25) is 0 Å². The largest absolute Gasteiger partial charge is 0.479 e. The number of ether oxygens (including phenoxy) is 8. The highest BCUT2D eigenvalue weighted by Gasteiger charge is 2.76. The number of aliphatic carboxylic acids is 1. The molecule has 12 N–H and O–H groups in total. The molecule has 0 bridgehead atoms. The number of allylic oxidation sites excluding steroid dienone is 2. The van der Waals surface area contributed by atoms with Crippen LogP contribution in [0.4, 0.5) is 0 Å². The molecule has 23 nitrogen and oxygen atoms in total. The molecule has 3 saturated heterocycles. The van der Waals surface area contributed by atoms with Crippen molar-refractivity contribution in [3.05, 3.63) is 23.3 Å². The summed E-state index contributed by atoms with van der Waals surface area (Å²) in [7, 11) is 0. The summed E-state index contributed by atoms with van der Waals surface area (Å²) in [6.45, 7) is 16.6. The minimum absolute atomic E-state index is 0.141. The molecule has 8 rings (SSSR count). The smallest absolute Gasteiger partial charge is 0.335 e. The second kappa shape index (κ2) is 21.5. The first-order valence-electron chi connectivity index (χ1n) is 27.0. The Hall–Kier alpha value is -2.79. The molecule has 0 aromatic rings. The van der Waals surface area contributed by atoms with Gasteiger partial charge in [-0.3, -0.25) is 4.79 Å². The number of carbonyl (C=O) groups is 3. The fourth-order valence-corrected chi connectivity index (χ4v) is 16.0. The van der Waals surface area contributed by atoms with Crippen LogP contribution >= 0.6 is 0 Å². The zero-order valence-electron chi connectivity index (χ0n) is 45.6. The van der Waals surface area contributed by atoms with Crippen molar-refractivity contribution >= 4 is 17.9 Å². The van der Waals surface area contributed by atoms with E-state index in [1.807, 2.05) is 34.6 Å². The van der Waals surface area contributed by atoms with Crippen molar-refractivity contribution in [1.82, 2.24) is 0 Å². The average molecular weight is 1100 g/mol. The van der Waals surface area contributed by atoms with Crippen molar-refractivity contribution in [1.29, 1.82) is 0 Å². The highest BCUT2D eigenvalue weighted by Crippen LogP contribution is 2.76. The summed E-state index contributed by atoms with van der Waals surface area (Å²) in [5.74, 6) is -3.89. The van der Waals surface area contributed by atoms with Gasteiger partial charge in [-0.15, -0.1) is 0 Å². The Bertz CT molecular complexity index is 2250. The van der Waals surface area contributed by atoms with Crippen molar-refractivity contribution in [2.75, 3.05) is 19.8 Å². The van der Waals surface area contributed by atoms with Crippen molar-refractivity contribution in [3.63, 3.8) is 0 Å². The molecule has 0 radical (unpaired) electrons. The van der Waals surface area contributed by atoms with E-state index in [9.17, 15) is 75.7 Å². The monoisotopic (exact) mass is 1100 g/mol. The molecule has 3 aliphatic heterocycles. The lowest BCUT2D eigenvalue weighted by Gasteiger charge is -2.73. The van der Waals surface area contributed by atoms with Gasteiger partial charge in [-0.05, 0) is 86.4 Å². The third-order valence-corrected chi connectivity index (χ3v) is 20.7. The number of esters is 2. The molecule has 77 heavy (non-hydrogen) atoms. The molecule has 0 amide bonds. The van der Waals surface area contributed by atoms with Gasteiger partial charge in [0.15, 0.2) is 25.0 Å². The Kier molecular flexibility index (Phi) is 16.8. The maximum absolute atomic E-state index is 13.3. The molecule has 0 aromatic heterocycles. The number of hydrogen-bond acceptors (Lipinski definition) is 22. The zero-order chi connectivity index (χ0) is 57.0. The van der Waals surface area contributed by atoms with Crippen molar-refractivity contribution in [3.8, 4) is 0 Å². The van der Waals surface area contributed by atoms with Gasteiger partial charge >= 0.3 is 17.9 Å². The summed E-state index contributed by atoms with van der Waals surface area (Å²) in [5, 5.41) is 134. The Morgan fingerprint density at radius 1 is 0.688 bits per heavy atom. The Balaban J connectivity index is 1.13. The summed E-state index contributed by atoms with van der Waals surface area (Å²) >= 11 is 0. The molecule has 23 heteroatoms. The van der Waals surface area contributed by atoms with E-state index in [1.54, 1.807) is 19.9 Å². The third-order valence-electron chi connectivity index (χ3n) is 20.7. The summed E-state index contributed by atoms with van der Waals surface area (Å²) in [5.41, 5.74) is -4.51. The highest BCUT2D eigenvalue weighted by molar-refractivity contribution is 5.87. The van der Waals surface area contributed by atoms with E-state index in [-0.39, 0.29) is 11.8 Å². The molecule has 0 spiro atoms. The van der Waals surface area contributed by atoms with Gasteiger partial charge in [-0.1, -0.05) is 66.2 Å². The van der Waals surface area contributed by atoms with Crippen LogP contribution in [-0.2, 0) is 52.3 Å². The normalized spacial score (nSPS) is 50.2. The summed E-state index contributed by atoms with van der Waals surface area (Å²) in [6, 6.07) is 0. The number of carboxylic acids is 1. The molecule has 8 aliphatic rings. The maximum atomic E-state index is 13.3. The molecule has 4 saturated carbocycles. The molecular weight excluding hydrogens is 1020 g/mol. The van der Waals surface area contributed by atoms with Crippen LogP contribution in [0.2, 0.25) is 0 Å². The van der Waals surface area contributed by atoms with Crippen LogP contribution in [0, 0.1) is 50.2 Å². The van der Waals surface area contributed by atoms with E-state index in [4.69, 9.17) is 37.9 Å². The highest BCUT2D eigenvalue weighted by atomic mass is 16.8. The van der Waals surface area contributed by atoms with Crippen LogP contribution in [0.25, 0.3) is 0 Å². The van der Waals surface area contributed by atoms with Crippen LogP contribution in [0.3, 0.4) is 0 Å². The van der Waals surface area contributed by atoms with Gasteiger partial charge in [0.05, 0.1) is 36.9 Å². The summed E-state index contributed by atoms with van der Waals surface area (Å²) in [6.07, 6.45) is -25.6. The third kappa shape index (κ3) is 9.45. The minimum atomic E-state index is -2.12. The van der Waals surface area contributed by atoms with Crippen LogP contribution in [0.15, 0.2) is 23.3 Å². The number of rotatable bonds is 13. The first kappa shape index (κ1) is 60.3. The second-order valence-electron chi connectivity index (χ2n) is 25.3. The van der Waals surface area contributed by atoms with E-state index < -0.39 is 193 Å². The molecule has 5 aliphatic carbocycles. The predicted molar refractivity (Wildman–Crippen MR) is 263 cm³/mol. The first-order valence-corrected chi connectivity index (χ1v) is 27.0. The van der Waals surface area contributed by atoms with E-state index in [0.29, 0.717) is 44.1 Å². The molecular formula is C54H84O23. The summed E-state index contributed by atoms with van der Waals surface area (Å²) < 4.78 is 48.1. The summed E-state index contributed by atoms with van der Waals surface area (Å²) in [4.78, 5) is 38.7. The van der Waals surface area contributed by atoms with Crippen molar-refractivity contribution in [2.45, 2.75) is 224 Å². The van der Waals surface area contributed by atoms with E-state index >= 15 is 0 Å². The fraction of sp³-hybridized carbons (Fsp3) is 0.870. The quantitative estimate of drug-likeness (QED) is 0.0470. The van der Waals surface area contributed by atoms with Gasteiger partial charge in [0, 0.05) is 23.3 Å². The van der Waals surface area contributed by atoms with Crippen LogP contribution < -0.4 is 0 Å². The van der Waals surface area contributed by atoms with Gasteiger partial charge in [0.1, 0.15) is 79.9 Å². The fourth-order valence-electron chi connectivity index (χ4n) is 16.0. The Morgan fingerprint density at radius 2 is 1.27 bits per heavy atom. The number of aliphatic hydroxyl groups is 11. The maximum Gasteiger partial charge on any atom is 0.335 e. The number of carbonyl (C=O) groups excluding carboxylic acids is 2. The van der Waals surface area contributed by atoms with E-state index in [2.05, 4.69) is 19.9 Å². The number of aliphatic hydroxyl groups excluding tert-OH is 11. The lowest BCUT2D eigenvalue weighted by molar-refractivity contribution is -0.386. The van der Waals surface area contributed by atoms with Crippen LogP contribution in [0.1, 0.15) is 108 Å². The molecule has 26 atom stereocenters. The van der Waals surface area contributed by atoms with Crippen LogP contribution in [0.5, 0.6) is 0 Å². The van der Waals surface area contributed by atoms with Gasteiger partial charge in [-0.2, -0.15) is 0 Å². The predicted octanol–water partition coefficient (Wildman–Crippen LogP) is -0.684. The molecule has 7 fully saturated rings. The number of fused-ring (bicyclic) bond motifs is 7. The standard InChI is InChI=1S/C54H84O23/c1-11-22(2)45(69)77-43-42(66)54(21-70-23(3)57)25(18-49(43,4)5)24-12-13-29-51(8)16-15-30(50(6,7)28(51)14-17-52(29,9)53(24,10)40(64)41(54)65)73-48-39(76-47-35(62)33(60)31(58)26(19-55)71-47)37(36(63)38(75-48)44(67)68)74-46-34(61)32(59)27(20-56)72-46/h11-12,25-43,46-48,55-56,58-66H,13-21H2,1-10H3,(H,67,68)/b22-11+/t25-,26+,27-,28-,29+,30-,31-,32-,33-,34+,35+,36-,37-,38-,39+,40-,41+,42-,43-,46-,47-,48+,51-,52+,53-,54-/m0/s1. The zero-order valence-corrected chi connectivity index (χ0v) is 45.6. The molecule has 0 unspecified atom stereocenters. The second-order valence-corrected chi connectivity index (χ2v) is 25.3. The molecule has 3 heterocycles. The van der Waals surface area contributed by atoms with Crippen molar-refractivity contribution < 1.29 is 114 Å². The molecule has 0 aromatic carbocycles. The lowest BCUT2D eigenvalue weighted by atomic mass is 9.32. The van der Waals surface area contributed by atoms with Crippen LogP contribution in [-0.4, -0.2) is 216 Å². The lowest BCUT2D eigenvalue weighted by Crippen LogP contribution is -2.76. The van der Waals surface area contributed by atoms with E-state index in [1.165, 1.54) is 6.92 Å².